The third kappa shape index (κ3) is 3.51. The van der Waals surface area contributed by atoms with E-state index in [4.69, 9.17) is 4.74 Å². The van der Waals surface area contributed by atoms with Gasteiger partial charge in [0, 0.05) is 6.61 Å². The molecule has 0 heterocycles. The maximum absolute atomic E-state index is 12.9. The molecule has 0 fully saturated rings. The number of ether oxygens (including phenoxy) is 1. The number of aliphatic hydroxyl groups is 1. The monoisotopic (exact) mass is 240 g/mol. The molecule has 0 saturated carbocycles. The molecule has 1 rings (SSSR count). The molecule has 1 atom stereocenters. The number of halogens is 1. The fourth-order valence-corrected chi connectivity index (χ4v) is 1.80. The van der Waals surface area contributed by atoms with Gasteiger partial charge in [-0.25, -0.2) is 4.39 Å². The molecule has 96 valence electrons. The second kappa shape index (κ2) is 6.72. The standard InChI is InChI=1S/C14H21FO2/c1-3-5-10-17-14(4-2,11-16)12-6-8-13(15)9-7-12/h6-9,16H,3-5,10-11H2,1-2H3. The summed E-state index contributed by atoms with van der Waals surface area (Å²) in [6.45, 7) is 4.58. The van der Waals surface area contributed by atoms with Crippen molar-refractivity contribution in [1.82, 2.24) is 0 Å². The Labute approximate surface area is 102 Å². The molecular weight excluding hydrogens is 219 g/mol. The molecule has 1 aromatic carbocycles. The summed E-state index contributed by atoms with van der Waals surface area (Å²) < 4.78 is 18.7. The van der Waals surface area contributed by atoms with E-state index in [9.17, 15) is 9.50 Å². The highest BCUT2D eigenvalue weighted by Crippen LogP contribution is 2.29. The number of unbranched alkanes of at least 4 members (excludes halogenated alkanes) is 1. The summed E-state index contributed by atoms with van der Waals surface area (Å²) in [6.07, 6.45) is 2.68. The van der Waals surface area contributed by atoms with Crippen LogP contribution in [0.3, 0.4) is 0 Å². The first-order valence-electron chi connectivity index (χ1n) is 6.19. The third-order valence-corrected chi connectivity index (χ3v) is 3.07. The molecule has 0 aliphatic heterocycles. The molecule has 0 amide bonds. The van der Waals surface area contributed by atoms with Gasteiger partial charge < -0.3 is 9.84 Å². The maximum Gasteiger partial charge on any atom is 0.123 e. The summed E-state index contributed by atoms with van der Waals surface area (Å²) in [7, 11) is 0. The van der Waals surface area contributed by atoms with Crippen molar-refractivity contribution < 1.29 is 14.2 Å². The Balaban J connectivity index is 2.85. The molecule has 0 aliphatic rings. The summed E-state index contributed by atoms with van der Waals surface area (Å²) in [5, 5.41) is 9.58. The van der Waals surface area contributed by atoms with E-state index in [-0.39, 0.29) is 12.4 Å². The highest BCUT2D eigenvalue weighted by atomic mass is 19.1. The molecular formula is C14H21FO2. The number of aliphatic hydroxyl groups excluding tert-OH is 1. The molecule has 0 aliphatic carbocycles. The minimum Gasteiger partial charge on any atom is -0.393 e. The van der Waals surface area contributed by atoms with E-state index in [0.717, 1.165) is 18.4 Å². The summed E-state index contributed by atoms with van der Waals surface area (Å²) >= 11 is 0. The van der Waals surface area contributed by atoms with E-state index in [2.05, 4.69) is 6.92 Å². The van der Waals surface area contributed by atoms with Crippen molar-refractivity contribution in [1.29, 1.82) is 0 Å². The first-order valence-corrected chi connectivity index (χ1v) is 6.19. The van der Waals surface area contributed by atoms with Crippen molar-refractivity contribution >= 4 is 0 Å². The molecule has 1 unspecified atom stereocenters. The molecule has 0 bridgehead atoms. The second-order valence-corrected chi connectivity index (χ2v) is 4.21. The first-order chi connectivity index (χ1) is 8.18. The Hall–Kier alpha value is -0.930. The molecule has 3 heteroatoms. The number of hydrogen-bond donors (Lipinski definition) is 1. The lowest BCUT2D eigenvalue weighted by Gasteiger charge is -2.31. The van der Waals surface area contributed by atoms with E-state index in [1.165, 1.54) is 12.1 Å². The highest BCUT2D eigenvalue weighted by Gasteiger charge is 2.30. The zero-order valence-electron chi connectivity index (χ0n) is 10.6. The van der Waals surface area contributed by atoms with Crippen LogP contribution >= 0.6 is 0 Å². The zero-order valence-corrected chi connectivity index (χ0v) is 10.6. The van der Waals surface area contributed by atoms with Crippen molar-refractivity contribution in [3.05, 3.63) is 35.6 Å². The Morgan fingerprint density at radius 1 is 1.24 bits per heavy atom. The molecule has 2 nitrogen and oxygen atoms in total. The van der Waals surface area contributed by atoms with E-state index in [0.29, 0.717) is 13.0 Å². The Bertz CT molecular complexity index is 317. The van der Waals surface area contributed by atoms with Gasteiger partial charge in [-0.1, -0.05) is 32.4 Å². The Morgan fingerprint density at radius 3 is 2.35 bits per heavy atom. The summed E-state index contributed by atoms with van der Waals surface area (Å²) in [5.74, 6) is -0.273. The normalized spacial score (nSPS) is 14.6. The van der Waals surface area contributed by atoms with Gasteiger partial charge >= 0.3 is 0 Å². The van der Waals surface area contributed by atoms with Crippen molar-refractivity contribution in [3.63, 3.8) is 0 Å². The quantitative estimate of drug-likeness (QED) is 0.741. The van der Waals surface area contributed by atoms with Gasteiger partial charge in [0.25, 0.3) is 0 Å². The molecule has 0 spiro atoms. The van der Waals surface area contributed by atoms with E-state index in [1.807, 2.05) is 6.92 Å². The SMILES string of the molecule is CCCCOC(CC)(CO)c1ccc(F)cc1. The smallest absolute Gasteiger partial charge is 0.123 e. The van der Waals surface area contributed by atoms with Crippen LogP contribution in [0.5, 0.6) is 0 Å². The van der Waals surface area contributed by atoms with Gasteiger partial charge in [0.1, 0.15) is 11.4 Å². The van der Waals surface area contributed by atoms with Crippen molar-refractivity contribution in [3.8, 4) is 0 Å². The van der Waals surface area contributed by atoms with E-state index < -0.39 is 5.60 Å². The maximum atomic E-state index is 12.9. The molecule has 1 aromatic rings. The topological polar surface area (TPSA) is 29.5 Å². The molecule has 0 aromatic heterocycles. The van der Waals surface area contributed by atoms with Crippen molar-refractivity contribution in [2.75, 3.05) is 13.2 Å². The zero-order chi connectivity index (χ0) is 12.7. The molecule has 0 radical (unpaired) electrons. The number of rotatable bonds is 7. The van der Waals surface area contributed by atoms with Gasteiger partial charge in [-0.2, -0.15) is 0 Å². The van der Waals surface area contributed by atoms with Gasteiger partial charge in [0.15, 0.2) is 0 Å². The number of hydrogen-bond acceptors (Lipinski definition) is 2. The van der Waals surface area contributed by atoms with Gasteiger partial charge in [0.2, 0.25) is 0 Å². The molecule has 1 N–H and O–H groups in total. The van der Waals surface area contributed by atoms with Crippen molar-refractivity contribution in [2.45, 2.75) is 38.7 Å². The van der Waals surface area contributed by atoms with Crippen LogP contribution in [0.1, 0.15) is 38.7 Å². The van der Waals surface area contributed by atoms with Crippen LogP contribution in [0.25, 0.3) is 0 Å². The average Bonchev–Trinajstić information content (AvgIpc) is 2.37. The minimum absolute atomic E-state index is 0.0845. The van der Waals surface area contributed by atoms with Crippen LogP contribution in [0.4, 0.5) is 4.39 Å². The van der Waals surface area contributed by atoms with Gasteiger partial charge in [0.05, 0.1) is 6.61 Å². The van der Waals surface area contributed by atoms with Crippen LogP contribution < -0.4 is 0 Å². The van der Waals surface area contributed by atoms with Gasteiger partial charge in [-0.3, -0.25) is 0 Å². The molecule has 0 saturated heterocycles. The third-order valence-electron chi connectivity index (χ3n) is 3.07. The fourth-order valence-electron chi connectivity index (χ4n) is 1.80. The second-order valence-electron chi connectivity index (χ2n) is 4.21. The fraction of sp³-hybridized carbons (Fsp3) is 0.571. The predicted octanol–water partition coefficient (Wildman–Crippen LogP) is 3.24. The first kappa shape index (κ1) is 14.1. The summed E-state index contributed by atoms with van der Waals surface area (Å²) in [5.41, 5.74) is 0.142. The lowest BCUT2D eigenvalue weighted by Crippen LogP contribution is -2.33. The average molecular weight is 240 g/mol. The van der Waals surface area contributed by atoms with Gasteiger partial charge in [-0.15, -0.1) is 0 Å². The van der Waals surface area contributed by atoms with Crippen molar-refractivity contribution in [2.24, 2.45) is 0 Å². The van der Waals surface area contributed by atoms with Crippen LogP contribution in [0.2, 0.25) is 0 Å². The summed E-state index contributed by atoms with van der Waals surface area (Å²) in [4.78, 5) is 0. The number of benzene rings is 1. The lowest BCUT2D eigenvalue weighted by atomic mass is 9.91. The van der Waals surface area contributed by atoms with Crippen LogP contribution in [-0.4, -0.2) is 18.3 Å². The van der Waals surface area contributed by atoms with Gasteiger partial charge in [-0.05, 0) is 30.5 Å². The van der Waals surface area contributed by atoms with Crippen LogP contribution in [0.15, 0.2) is 24.3 Å². The highest BCUT2D eigenvalue weighted by molar-refractivity contribution is 5.23. The predicted molar refractivity (Wildman–Crippen MR) is 66.3 cm³/mol. The largest absolute Gasteiger partial charge is 0.393 e. The van der Waals surface area contributed by atoms with E-state index in [1.54, 1.807) is 12.1 Å². The Kier molecular flexibility index (Phi) is 5.59. The Morgan fingerprint density at radius 2 is 1.88 bits per heavy atom. The summed E-state index contributed by atoms with van der Waals surface area (Å²) in [6, 6.07) is 6.17. The van der Waals surface area contributed by atoms with E-state index >= 15 is 0 Å². The molecule has 17 heavy (non-hydrogen) atoms. The minimum atomic E-state index is -0.692. The van der Waals surface area contributed by atoms with Crippen LogP contribution in [-0.2, 0) is 10.3 Å². The van der Waals surface area contributed by atoms with Crippen LogP contribution in [0, 0.1) is 5.82 Å². The lowest BCUT2D eigenvalue weighted by molar-refractivity contribution is -0.0888.